The summed E-state index contributed by atoms with van der Waals surface area (Å²) >= 11 is 0. The van der Waals surface area contributed by atoms with E-state index in [2.05, 4.69) is 54.9 Å². The molecule has 4 heteroatoms. The lowest BCUT2D eigenvalue weighted by atomic mass is 10.2. The molecule has 0 aromatic rings. The summed E-state index contributed by atoms with van der Waals surface area (Å²) in [7, 11) is 2.17. The Balaban J connectivity index is 3.77. The molecule has 106 valence electrons. The first-order valence-electron chi connectivity index (χ1n) is 6.95. The van der Waals surface area contributed by atoms with Gasteiger partial charge in [-0.3, -0.25) is 4.99 Å². The van der Waals surface area contributed by atoms with Crippen LogP contribution in [0.3, 0.4) is 0 Å². The molecule has 0 aromatic heterocycles. The maximum absolute atomic E-state index is 4.52. The normalized spacial score (nSPS) is 12.0. The molecule has 0 aromatic carbocycles. The lowest BCUT2D eigenvalue weighted by molar-refractivity contribution is 0.269. The van der Waals surface area contributed by atoms with Gasteiger partial charge in [0, 0.05) is 25.7 Å². The van der Waals surface area contributed by atoms with Gasteiger partial charge in [-0.05, 0) is 47.2 Å². The van der Waals surface area contributed by atoms with Crippen LogP contribution >= 0.6 is 0 Å². The van der Waals surface area contributed by atoms with Gasteiger partial charge in [0.1, 0.15) is 0 Å². The van der Waals surface area contributed by atoms with Gasteiger partial charge in [0.25, 0.3) is 0 Å². The Morgan fingerprint density at radius 2 is 2.06 bits per heavy atom. The van der Waals surface area contributed by atoms with E-state index >= 15 is 0 Å². The molecule has 0 fully saturated rings. The Kier molecular flexibility index (Phi) is 10.4. The molecule has 0 radical (unpaired) electrons. The van der Waals surface area contributed by atoms with Crippen LogP contribution in [0.2, 0.25) is 0 Å². The minimum absolute atomic E-state index is 0.625. The summed E-state index contributed by atoms with van der Waals surface area (Å²) in [6.07, 6.45) is 4.16. The van der Waals surface area contributed by atoms with Gasteiger partial charge in [0.15, 0.2) is 5.96 Å². The van der Waals surface area contributed by atoms with E-state index in [1.165, 1.54) is 6.42 Å². The van der Waals surface area contributed by atoms with E-state index < -0.39 is 0 Å². The van der Waals surface area contributed by atoms with Crippen molar-refractivity contribution in [2.75, 3.05) is 33.2 Å². The third kappa shape index (κ3) is 9.05. The highest BCUT2D eigenvalue weighted by Gasteiger charge is 2.01. The fraction of sp³-hybridized carbons (Fsp3) is 0.786. The molecule has 0 saturated carbocycles. The van der Waals surface area contributed by atoms with E-state index in [9.17, 15) is 0 Å². The number of nitrogens with one attached hydrogen (secondary N) is 2. The zero-order valence-corrected chi connectivity index (χ0v) is 12.5. The molecule has 0 atom stereocenters. The summed E-state index contributed by atoms with van der Waals surface area (Å²) in [6.45, 7) is 13.9. The molecule has 0 amide bonds. The minimum atomic E-state index is 0.625. The molecule has 4 nitrogen and oxygen atoms in total. The van der Waals surface area contributed by atoms with Gasteiger partial charge < -0.3 is 15.5 Å². The third-order valence-corrected chi connectivity index (χ3v) is 2.83. The lowest BCUT2D eigenvalue weighted by Gasteiger charge is -2.20. The molecule has 18 heavy (non-hydrogen) atoms. The molecular weight excluding hydrogens is 224 g/mol. The average molecular weight is 254 g/mol. The van der Waals surface area contributed by atoms with Crippen molar-refractivity contribution in [3.05, 3.63) is 12.7 Å². The summed E-state index contributed by atoms with van der Waals surface area (Å²) in [5, 5.41) is 6.41. The van der Waals surface area contributed by atoms with Crippen molar-refractivity contribution in [2.24, 2.45) is 4.99 Å². The van der Waals surface area contributed by atoms with E-state index in [-0.39, 0.29) is 0 Å². The first-order chi connectivity index (χ1) is 8.61. The SMILES string of the molecule is C=CCNC(=NCCCCN(C)C(C)C)NCC. The van der Waals surface area contributed by atoms with Crippen LogP contribution in [-0.2, 0) is 0 Å². The second-order valence-electron chi connectivity index (χ2n) is 4.71. The van der Waals surface area contributed by atoms with E-state index in [1.54, 1.807) is 0 Å². The van der Waals surface area contributed by atoms with Crippen LogP contribution in [0.1, 0.15) is 33.6 Å². The van der Waals surface area contributed by atoms with Gasteiger partial charge in [-0.25, -0.2) is 0 Å². The maximum atomic E-state index is 4.52. The molecule has 0 rings (SSSR count). The first-order valence-corrected chi connectivity index (χ1v) is 6.95. The Morgan fingerprint density at radius 3 is 2.61 bits per heavy atom. The van der Waals surface area contributed by atoms with Gasteiger partial charge in [-0.1, -0.05) is 6.08 Å². The average Bonchev–Trinajstić information content (AvgIpc) is 2.34. The van der Waals surface area contributed by atoms with E-state index in [0.717, 1.165) is 38.6 Å². The number of nitrogens with zero attached hydrogens (tertiary/aromatic N) is 2. The molecule has 0 saturated heterocycles. The number of rotatable bonds is 9. The van der Waals surface area contributed by atoms with Crippen molar-refractivity contribution >= 4 is 5.96 Å². The maximum Gasteiger partial charge on any atom is 0.191 e. The van der Waals surface area contributed by atoms with Crippen LogP contribution in [-0.4, -0.2) is 50.1 Å². The fourth-order valence-electron chi connectivity index (χ4n) is 1.43. The van der Waals surface area contributed by atoms with E-state index in [0.29, 0.717) is 6.04 Å². The van der Waals surface area contributed by atoms with Gasteiger partial charge in [-0.2, -0.15) is 0 Å². The summed E-state index contributed by atoms with van der Waals surface area (Å²) in [5.41, 5.74) is 0. The monoisotopic (exact) mass is 254 g/mol. The predicted octanol–water partition coefficient (Wildman–Crippen LogP) is 1.85. The summed E-state index contributed by atoms with van der Waals surface area (Å²) in [4.78, 5) is 6.89. The number of unbranched alkanes of at least 4 members (excludes halogenated alkanes) is 1. The molecule has 0 aliphatic heterocycles. The molecular formula is C14H30N4. The largest absolute Gasteiger partial charge is 0.357 e. The Hall–Kier alpha value is -1.03. The number of hydrogen-bond acceptors (Lipinski definition) is 2. The highest BCUT2D eigenvalue weighted by atomic mass is 15.2. The van der Waals surface area contributed by atoms with Crippen LogP contribution in [0.5, 0.6) is 0 Å². The summed E-state index contributed by atoms with van der Waals surface area (Å²) < 4.78 is 0. The van der Waals surface area contributed by atoms with Crippen molar-refractivity contribution in [3.63, 3.8) is 0 Å². The highest BCUT2D eigenvalue weighted by molar-refractivity contribution is 5.79. The van der Waals surface area contributed by atoms with E-state index in [4.69, 9.17) is 0 Å². The standard InChI is InChI=1S/C14H30N4/c1-6-10-16-14(15-7-2)17-11-8-9-12-18(5)13(3)4/h6,13H,1,7-12H2,2-5H3,(H2,15,16,17). The molecule has 0 bridgehead atoms. The summed E-state index contributed by atoms with van der Waals surface area (Å²) in [6, 6.07) is 0.625. The number of aliphatic imine (C=N–C) groups is 1. The predicted molar refractivity (Wildman–Crippen MR) is 81.2 cm³/mol. The Bertz CT molecular complexity index is 236. The quantitative estimate of drug-likeness (QED) is 0.285. The van der Waals surface area contributed by atoms with Crippen molar-refractivity contribution in [2.45, 2.75) is 39.7 Å². The first kappa shape index (κ1) is 17.0. The second kappa shape index (κ2) is 11.1. The van der Waals surface area contributed by atoms with Crippen LogP contribution in [0.15, 0.2) is 17.6 Å². The van der Waals surface area contributed by atoms with Crippen LogP contribution in [0.4, 0.5) is 0 Å². The Morgan fingerprint density at radius 1 is 1.33 bits per heavy atom. The van der Waals surface area contributed by atoms with Crippen LogP contribution < -0.4 is 10.6 Å². The number of hydrogen-bond donors (Lipinski definition) is 2. The molecule has 2 N–H and O–H groups in total. The zero-order valence-electron chi connectivity index (χ0n) is 12.5. The van der Waals surface area contributed by atoms with Crippen molar-refractivity contribution in [1.82, 2.24) is 15.5 Å². The highest BCUT2D eigenvalue weighted by Crippen LogP contribution is 1.98. The van der Waals surface area contributed by atoms with Gasteiger partial charge in [0.05, 0.1) is 0 Å². The lowest BCUT2D eigenvalue weighted by Crippen LogP contribution is -2.37. The van der Waals surface area contributed by atoms with Gasteiger partial charge >= 0.3 is 0 Å². The minimum Gasteiger partial charge on any atom is -0.357 e. The molecule has 0 spiro atoms. The smallest absolute Gasteiger partial charge is 0.191 e. The fourth-order valence-corrected chi connectivity index (χ4v) is 1.43. The zero-order chi connectivity index (χ0) is 13.8. The van der Waals surface area contributed by atoms with Crippen LogP contribution in [0.25, 0.3) is 0 Å². The topological polar surface area (TPSA) is 39.7 Å². The van der Waals surface area contributed by atoms with Gasteiger partial charge in [0.2, 0.25) is 0 Å². The number of guanidine groups is 1. The molecule has 0 unspecified atom stereocenters. The van der Waals surface area contributed by atoms with Crippen LogP contribution in [0, 0.1) is 0 Å². The third-order valence-electron chi connectivity index (χ3n) is 2.83. The molecule has 0 aliphatic rings. The van der Waals surface area contributed by atoms with Crippen molar-refractivity contribution < 1.29 is 0 Å². The van der Waals surface area contributed by atoms with Crippen molar-refractivity contribution in [3.8, 4) is 0 Å². The Labute approximate surface area is 113 Å². The summed E-state index contributed by atoms with van der Waals surface area (Å²) in [5.74, 6) is 0.884. The van der Waals surface area contributed by atoms with E-state index in [1.807, 2.05) is 6.08 Å². The molecule has 0 aliphatic carbocycles. The molecule has 0 heterocycles. The van der Waals surface area contributed by atoms with Crippen molar-refractivity contribution in [1.29, 1.82) is 0 Å². The van der Waals surface area contributed by atoms with Gasteiger partial charge in [-0.15, -0.1) is 6.58 Å². The second-order valence-corrected chi connectivity index (χ2v) is 4.71.